The third kappa shape index (κ3) is 5.31. The van der Waals surface area contributed by atoms with Gasteiger partial charge in [-0.3, -0.25) is 4.79 Å². The molecule has 28 heavy (non-hydrogen) atoms. The van der Waals surface area contributed by atoms with Gasteiger partial charge in [0.15, 0.2) is 6.10 Å². The molecule has 1 aromatic heterocycles. The number of halogens is 1. The Kier molecular flexibility index (Phi) is 6.24. The Bertz CT molecular complexity index is 1000. The highest BCUT2D eigenvalue weighted by atomic mass is 32.2. The number of nitriles is 1. The number of hydrogen-bond acceptors (Lipinski definition) is 7. The summed E-state index contributed by atoms with van der Waals surface area (Å²) in [5, 5.41) is 19.6. The minimum atomic E-state index is -0.533. The van der Waals surface area contributed by atoms with Crippen LogP contribution in [0.3, 0.4) is 0 Å². The van der Waals surface area contributed by atoms with Crippen LogP contribution in [0.4, 0.5) is 10.1 Å². The van der Waals surface area contributed by atoms with E-state index in [0.29, 0.717) is 17.0 Å². The summed E-state index contributed by atoms with van der Waals surface area (Å²) in [7, 11) is 0. The first-order chi connectivity index (χ1) is 13.5. The van der Waals surface area contributed by atoms with Crippen molar-refractivity contribution in [3.8, 4) is 11.8 Å². The number of aromatic nitrogens is 2. The van der Waals surface area contributed by atoms with E-state index >= 15 is 0 Å². The average molecular weight is 398 g/mol. The van der Waals surface area contributed by atoms with E-state index in [1.807, 2.05) is 6.07 Å². The van der Waals surface area contributed by atoms with Gasteiger partial charge >= 0.3 is 0 Å². The van der Waals surface area contributed by atoms with E-state index in [2.05, 4.69) is 15.5 Å². The highest BCUT2D eigenvalue weighted by molar-refractivity contribution is 7.99. The summed E-state index contributed by atoms with van der Waals surface area (Å²) in [4.78, 5) is 12.0. The predicted molar refractivity (Wildman–Crippen MR) is 100 cm³/mol. The van der Waals surface area contributed by atoms with Gasteiger partial charge in [0.25, 0.3) is 11.1 Å². The molecule has 1 atom stereocenters. The molecule has 0 aliphatic heterocycles. The molecule has 0 saturated carbocycles. The van der Waals surface area contributed by atoms with Crippen LogP contribution >= 0.6 is 11.8 Å². The fourth-order valence-corrected chi connectivity index (χ4v) is 2.77. The number of nitrogens with zero attached hydrogens (tertiary/aromatic N) is 3. The monoisotopic (exact) mass is 398 g/mol. The molecule has 1 amide bonds. The zero-order chi connectivity index (χ0) is 19.9. The molecule has 9 heteroatoms. The molecule has 1 heterocycles. The number of carbonyl (C=O) groups excluding carboxylic acids is 1. The Morgan fingerprint density at radius 2 is 2.11 bits per heavy atom. The normalized spacial score (nSPS) is 11.5. The lowest BCUT2D eigenvalue weighted by Crippen LogP contribution is -2.14. The van der Waals surface area contributed by atoms with Crippen molar-refractivity contribution >= 4 is 23.4 Å². The van der Waals surface area contributed by atoms with Crippen molar-refractivity contribution < 1.29 is 18.3 Å². The second kappa shape index (κ2) is 9.01. The first-order valence-electron chi connectivity index (χ1n) is 8.22. The Balaban J connectivity index is 1.51. The molecule has 7 nitrogen and oxygen atoms in total. The summed E-state index contributed by atoms with van der Waals surface area (Å²) in [6.07, 6.45) is -0.533. The van der Waals surface area contributed by atoms with Gasteiger partial charge in [-0.15, -0.1) is 10.2 Å². The summed E-state index contributed by atoms with van der Waals surface area (Å²) in [6, 6.07) is 14.2. The molecule has 0 bridgehead atoms. The van der Waals surface area contributed by atoms with Crippen LogP contribution in [-0.2, 0) is 4.79 Å². The molecule has 0 saturated heterocycles. The molecule has 0 radical (unpaired) electrons. The molecular formula is C19H15FN4O3S. The maximum Gasteiger partial charge on any atom is 0.277 e. The van der Waals surface area contributed by atoms with E-state index in [0.717, 1.165) is 11.8 Å². The summed E-state index contributed by atoms with van der Waals surface area (Å²) in [5.41, 5.74) is 0.999. The zero-order valence-electron chi connectivity index (χ0n) is 14.8. The summed E-state index contributed by atoms with van der Waals surface area (Å²) in [5.74, 6) is 0.157. The molecule has 2 aromatic carbocycles. The van der Waals surface area contributed by atoms with Crippen molar-refractivity contribution in [3.05, 3.63) is 65.8 Å². The lowest BCUT2D eigenvalue weighted by Gasteiger charge is -2.10. The van der Waals surface area contributed by atoms with Gasteiger partial charge in [0.1, 0.15) is 11.6 Å². The topological polar surface area (TPSA) is 101 Å². The van der Waals surface area contributed by atoms with E-state index in [1.165, 1.54) is 24.3 Å². The van der Waals surface area contributed by atoms with E-state index in [9.17, 15) is 9.18 Å². The van der Waals surface area contributed by atoms with Crippen LogP contribution in [0.25, 0.3) is 0 Å². The van der Waals surface area contributed by atoms with Gasteiger partial charge in [-0.05, 0) is 49.4 Å². The van der Waals surface area contributed by atoms with Crippen molar-refractivity contribution in [2.24, 2.45) is 0 Å². The lowest BCUT2D eigenvalue weighted by molar-refractivity contribution is -0.113. The third-order valence-electron chi connectivity index (χ3n) is 3.50. The van der Waals surface area contributed by atoms with Crippen LogP contribution in [0.2, 0.25) is 0 Å². The van der Waals surface area contributed by atoms with Crippen molar-refractivity contribution in [2.75, 3.05) is 11.1 Å². The minimum absolute atomic E-state index is 0.0611. The third-order valence-corrected chi connectivity index (χ3v) is 4.32. The van der Waals surface area contributed by atoms with E-state index in [4.69, 9.17) is 14.4 Å². The largest absolute Gasteiger partial charge is 0.481 e. The minimum Gasteiger partial charge on any atom is -0.481 e. The molecule has 3 aromatic rings. The first-order valence-corrected chi connectivity index (χ1v) is 9.20. The van der Waals surface area contributed by atoms with Gasteiger partial charge in [0, 0.05) is 5.69 Å². The van der Waals surface area contributed by atoms with Crippen LogP contribution in [0, 0.1) is 17.1 Å². The Morgan fingerprint density at radius 3 is 2.86 bits per heavy atom. The standard InChI is InChI=1S/C19H15FN4O3S/c1-12(26-16-7-5-14(20)6-8-16)18-23-24-19(27-18)28-11-17(25)22-15-4-2-3-13(9-15)10-21/h2-9,12H,11H2,1H3,(H,22,25)/t12-/m1/s1. The van der Waals surface area contributed by atoms with Gasteiger partial charge in [-0.25, -0.2) is 4.39 Å². The number of benzene rings is 2. The van der Waals surface area contributed by atoms with E-state index in [1.54, 1.807) is 31.2 Å². The number of hydrogen-bond donors (Lipinski definition) is 1. The van der Waals surface area contributed by atoms with E-state index < -0.39 is 6.10 Å². The number of nitrogens with one attached hydrogen (secondary N) is 1. The smallest absolute Gasteiger partial charge is 0.277 e. The van der Waals surface area contributed by atoms with Gasteiger partial charge in [-0.1, -0.05) is 17.8 Å². The van der Waals surface area contributed by atoms with Crippen LogP contribution in [0.15, 0.2) is 58.2 Å². The van der Waals surface area contributed by atoms with Gasteiger partial charge < -0.3 is 14.5 Å². The van der Waals surface area contributed by atoms with Crippen LogP contribution in [0.5, 0.6) is 5.75 Å². The molecule has 0 spiro atoms. The lowest BCUT2D eigenvalue weighted by atomic mass is 10.2. The molecular weight excluding hydrogens is 383 g/mol. The van der Waals surface area contributed by atoms with Crippen molar-refractivity contribution in [1.29, 1.82) is 5.26 Å². The number of ether oxygens (including phenoxy) is 1. The summed E-state index contributed by atoms with van der Waals surface area (Å²) in [6.45, 7) is 1.72. The van der Waals surface area contributed by atoms with Gasteiger partial charge in [0.2, 0.25) is 5.91 Å². The number of rotatable bonds is 7. The second-order valence-corrected chi connectivity index (χ2v) is 6.58. The van der Waals surface area contributed by atoms with Gasteiger partial charge in [0.05, 0.1) is 17.4 Å². The molecule has 0 fully saturated rings. The molecule has 0 aliphatic rings. The van der Waals surface area contributed by atoms with Crippen molar-refractivity contribution in [2.45, 2.75) is 18.3 Å². The highest BCUT2D eigenvalue weighted by Crippen LogP contribution is 2.24. The first kappa shape index (κ1) is 19.4. The SMILES string of the molecule is C[C@@H](Oc1ccc(F)cc1)c1nnc(SCC(=O)Nc2cccc(C#N)c2)o1. The summed E-state index contributed by atoms with van der Waals surface area (Å²) < 4.78 is 24.0. The summed E-state index contributed by atoms with van der Waals surface area (Å²) >= 11 is 1.08. The van der Waals surface area contributed by atoms with Crippen LogP contribution in [-0.4, -0.2) is 21.9 Å². The average Bonchev–Trinajstić information content (AvgIpc) is 3.17. The zero-order valence-corrected chi connectivity index (χ0v) is 15.6. The van der Waals surface area contributed by atoms with Crippen molar-refractivity contribution in [1.82, 2.24) is 10.2 Å². The molecule has 142 valence electrons. The number of amides is 1. The van der Waals surface area contributed by atoms with Crippen LogP contribution in [0.1, 0.15) is 24.5 Å². The predicted octanol–water partition coefficient (Wildman–Crippen LogP) is 3.95. The molecule has 0 unspecified atom stereocenters. The van der Waals surface area contributed by atoms with Crippen molar-refractivity contribution in [3.63, 3.8) is 0 Å². The maximum atomic E-state index is 12.9. The van der Waals surface area contributed by atoms with E-state index in [-0.39, 0.29) is 28.6 Å². The fourth-order valence-electron chi connectivity index (χ4n) is 2.20. The number of anilines is 1. The molecule has 0 aliphatic carbocycles. The Morgan fingerprint density at radius 1 is 1.32 bits per heavy atom. The highest BCUT2D eigenvalue weighted by Gasteiger charge is 2.17. The number of thioether (sulfide) groups is 1. The van der Waals surface area contributed by atoms with Gasteiger partial charge in [-0.2, -0.15) is 5.26 Å². The Labute approximate surface area is 164 Å². The fraction of sp³-hybridized carbons (Fsp3) is 0.158. The number of carbonyl (C=O) groups is 1. The van der Waals surface area contributed by atoms with Crippen LogP contribution < -0.4 is 10.1 Å². The Hall–Kier alpha value is -3.38. The second-order valence-electron chi connectivity index (χ2n) is 5.65. The molecule has 1 N–H and O–H groups in total. The quantitative estimate of drug-likeness (QED) is 0.601. The molecule has 3 rings (SSSR count). The maximum absolute atomic E-state index is 12.9.